The predicted molar refractivity (Wildman–Crippen MR) is 72.0 cm³/mol. The Morgan fingerprint density at radius 3 is 2.60 bits per heavy atom. The van der Waals surface area contributed by atoms with Gasteiger partial charge < -0.3 is 14.6 Å². The number of esters is 1. The minimum atomic E-state index is -0.773. The summed E-state index contributed by atoms with van der Waals surface area (Å²) in [6.45, 7) is 1.89. The molecule has 0 aromatic rings. The Bertz CT molecular complexity index is 367. The summed E-state index contributed by atoms with van der Waals surface area (Å²) < 4.78 is 10.5. The minimum Gasteiger partial charge on any atom is -0.463 e. The van der Waals surface area contributed by atoms with Crippen LogP contribution in [-0.2, 0) is 19.1 Å². The van der Waals surface area contributed by atoms with Gasteiger partial charge in [0.1, 0.15) is 5.78 Å². The maximum absolute atomic E-state index is 12.2. The maximum atomic E-state index is 12.2. The summed E-state index contributed by atoms with van der Waals surface area (Å²) in [5.41, 5.74) is 0. The van der Waals surface area contributed by atoms with Crippen LogP contribution in [0.4, 0.5) is 0 Å². The van der Waals surface area contributed by atoms with E-state index < -0.39 is 12.2 Å². The number of methoxy groups -OCH3 is 1. The van der Waals surface area contributed by atoms with Crippen LogP contribution in [-0.4, -0.2) is 42.3 Å². The van der Waals surface area contributed by atoms with Crippen molar-refractivity contribution in [2.45, 2.75) is 63.8 Å². The Hall–Kier alpha value is -0.940. The summed E-state index contributed by atoms with van der Waals surface area (Å²) in [5.74, 6) is -0.831. The monoisotopic (exact) mass is 284 g/mol. The maximum Gasteiger partial charge on any atom is 0.306 e. The lowest BCUT2D eigenvalue weighted by Gasteiger charge is -2.39. The van der Waals surface area contributed by atoms with Crippen LogP contribution in [0.25, 0.3) is 0 Å². The van der Waals surface area contributed by atoms with Crippen molar-refractivity contribution in [2.24, 2.45) is 11.8 Å². The standard InChI is InChI=1S/C15H24O5/c1-9-5-3-4-6-10-11(7-14(17)20-9)15(18)13(19-2)8-12(10)16/h9-11,13,15,18H,3-8H2,1-2H3. The van der Waals surface area contributed by atoms with E-state index >= 15 is 0 Å². The van der Waals surface area contributed by atoms with Crippen LogP contribution in [0.1, 0.15) is 45.4 Å². The molecule has 2 rings (SSSR count). The number of cyclic esters (lactones) is 1. The Labute approximate surface area is 119 Å². The lowest BCUT2D eigenvalue weighted by molar-refractivity contribution is -0.159. The summed E-state index contributed by atoms with van der Waals surface area (Å²) in [7, 11) is 1.49. The largest absolute Gasteiger partial charge is 0.463 e. The van der Waals surface area contributed by atoms with Crippen LogP contribution in [0.15, 0.2) is 0 Å². The number of fused-ring (bicyclic) bond motifs is 1. The highest BCUT2D eigenvalue weighted by Crippen LogP contribution is 2.36. The number of rotatable bonds is 1. The fraction of sp³-hybridized carbons (Fsp3) is 0.867. The van der Waals surface area contributed by atoms with Crippen molar-refractivity contribution < 1.29 is 24.2 Å². The zero-order valence-corrected chi connectivity index (χ0v) is 12.2. The number of ketones is 1. The highest BCUT2D eigenvalue weighted by atomic mass is 16.5. The molecule has 1 N–H and O–H groups in total. The van der Waals surface area contributed by atoms with Crippen LogP contribution in [0.5, 0.6) is 0 Å². The highest BCUT2D eigenvalue weighted by molar-refractivity contribution is 5.84. The fourth-order valence-corrected chi connectivity index (χ4v) is 3.40. The van der Waals surface area contributed by atoms with Gasteiger partial charge in [0, 0.05) is 25.4 Å². The summed E-state index contributed by atoms with van der Waals surface area (Å²) in [4.78, 5) is 24.2. The average Bonchev–Trinajstić information content (AvgIpc) is 2.40. The molecule has 2 aliphatic rings. The van der Waals surface area contributed by atoms with Crippen LogP contribution in [0.2, 0.25) is 0 Å². The molecule has 5 atom stereocenters. The van der Waals surface area contributed by atoms with E-state index in [1.807, 2.05) is 6.92 Å². The zero-order chi connectivity index (χ0) is 14.7. The van der Waals surface area contributed by atoms with Crippen molar-refractivity contribution in [3.05, 3.63) is 0 Å². The summed E-state index contributed by atoms with van der Waals surface area (Å²) in [6, 6.07) is 0. The van der Waals surface area contributed by atoms with Gasteiger partial charge in [-0.05, 0) is 26.2 Å². The first kappa shape index (κ1) is 15.4. The molecule has 20 heavy (non-hydrogen) atoms. The molecule has 1 saturated heterocycles. The van der Waals surface area contributed by atoms with Crippen LogP contribution in [0, 0.1) is 11.8 Å². The molecule has 0 aromatic heterocycles. The van der Waals surface area contributed by atoms with E-state index in [1.54, 1.807) is 0 Å². The van der Waals surface area contributed by atoms with Gasteiger partial charge in [0.25, 0.3) is 0 Å². The second-order valence-corrected chi connectivity index (χ2v) is 5.99. The Kier molecular flexibility index (Phi) is 5.16. The number of carbonyl (C=O) groups excluding carboxylic acids is 2. The molecule has 5 unspecified atom stereocenters. The van der Waals surface area contributed by atoms with E-state index in [2.05, 4.69) is 0 Å². The van der Waals surface area contributed by atoms with Crippen LogP contribution < -0.4 is 0 Å². The Morgan fingerprint density at radius 2 is 1.90 bits per heavy atom. The van der Waals surface area contributed by atoms with E-state index in [4.69, 9.17) is 9.47 Å². The zero-order valence-electron chi connectivity index (χ0n) is 12.2. The van der Waals surface area contributed by atoms with E-state index in [1.165, 1.54) is 7.11 Å². The number of aliphatic hydroxyl groups excluding tert-OH is 1. The third-order valence-electron chi connectivity index (χ3n) is 4.57. The molecule has 1 saturated carbocycles. The van der Waals surface area contributed by atoms with Gasteiger partial charge in [-0.1, -0.05) is 6.42 Å². The number of carbonyl (C=O) groups is 2. The molecule has 1 aliphatic heterocycles. The minimum absolute atomic E-state index is 0.0892. The normalized spacial score (nSPS) is 39.9. The molecule has 0 bridgehead atoms. The first-order valence-corrected chi connectivity index (χ1v) is 7.46. The van der Waals surface area contributed by atoms with Crippen LogP contribution in [0.3, 0.4) is 0 Å². The molecule has 5 nitrogen and oxygen atoms in total. The van der Waals surface area contributed by atoms with Crippen molar-refractivity contribution in [3.8, 4) is 0 Å². The lowest BCUT2D eigenvalue weighted by atomic mass is 9.71. The predicted octanol–water partition coefficient (Wildman–Crippen LogP) is 1.46. The van der Waals surface area contributed by atoms with Crippen molar-refractivity contribution >= 4 is 11.8 Å². The number of hydrogen-bond acceptors (Lipinski definition) is 5. The van der Waals surface area contributed by atoms with Crippen molar-refractivity contribution in [1.29, 1.82) is 0 Å². The molecule has 0 spiro atoms. The van der Waals surface area contributed by atoms with Crippen LogP contribution >= 0.6 is 0 Å². The van der Waals surface area contributed by atoms with Gasteiger partial charge in [0.05, 0.1) is 24.7 Å². The summed E-state index contributed by atoms with van der Waals surface area (Å²) >= 11 is 0. The third kappa shape index (κ3) is 3.38. The molecular weight excluding hydrogens is 260 g/mol. The second kappa shape index (κ2) is 6.68. The van der Waals surface area contributed by atoms with Gasteiger partial charge in [-0.15, -0.1) is 0 Å². The quantitative estimate of drug-likeness (QED) is 0.738. The van der Waals surface area contributed by atoms with Crippen molar-refractivity contribution in [3.63, 3.8) is 0 Å². The topological polar surface area (TPSA) is 72.8 Å². The number of hydrogen-bond donors (Lipinski definition) is 1. The molecule has 1 heterocycles. The molecule has 0 aromatic carbocycles. The SMILES string of the molecule is COC1CC(=O)C2CCCCC(C)OC(=O)CC2C1O. The molecule has 5 heteroatoms. The Balaban J connectivity index is 2.16. The van der Waals surface area contributed by atoms with E-state index in [0.717, 1.165) is 25.7 Å². The van der Waals surface area contributed by atoms with Gasteiger partial charge in [0.2, 0.25) is 0 Å². The van der Waals surface area contributed by atoms with Gasteiger partial charge in [-0.3, -0.25) is 9.59 Å². The molecule has 2 fully saturated rings. The molecule has 114 valence electrons. The number of Topliss-reactive ketones (excluding diaryl/α,β-unsaturated/α-hetero) is 1. The lowest BCUT2D eigenvalue weighted by Crippen LogP contribution is -2.49. The van der Waals surface area contributed by atoms with E-state index in [0.29, 0.717) is 0 Å². The molecule has 0 radical (unpaired) electrons. The number of ether oxygens (including phenoxy) is 2. The van der Waals surface area contributed by atoms with Gasteiger partial charge in [0.15, 0.2) is 0 Å². The summed E-state index contributed by atoms with van der Waals surface area (Å²) in [6.07, 6.45) is 2.42. The average molecular weight is 284 g/mol. The second-order valence-electron chi connectivity index (χ2n) is 5.99. The molecular formula is C15H24O5. The van der Waals surface area contributed by atoms with Crippen molar-refractivity contribution in [1.82, 2.24) is 0 Å². The highest BCUT2D eigenvalue weighted by Gasteiger charge is 2.44. The first-order chi connectivity index (χ1) is 9.52. The first-order valence-electron chi connectivity index (χ1n) is 7.46. The third-order valence-corrected chi connectivity index (χ3v) is 4.57. The van der Waals surface area contributed by atoms with Crippen molar-refractivity contribution in [2.75, 3.05) is 7.11 Å². The van der Waals surface area contributed by atoms with E-state index in [-0.39, 0.29) is 42.5 Å². The summed E-state index contributed by atoms with van der Waals surface area (Å²) in [5, 5.41) is 10.4. The van der Waals surface area contributed by atoms with Gasteiger partial charge >= 0.3 is 5.97 Å². The smallest absolute Gasteiger partial charge is 0.306 e. The molecule has 1 aliphatic carbocycles. The molecule has 0 amide bonds. The van der Waals surface area contributed by atoms with E-state index in [9.17, 15) is 14.7 Å². The van der Waals surface area contributed by atoms with Gasteiger partial charge in [-0.2, -0.15) is 0 Å². The van der Waals surface area contributed by atoms with Gasteiger partial charge in [-0.25, -0.2) is 0 Å². The fourth-order valence-electron chi connectivity index (χ4n) is 3.40. The Morgan fingerprint density at radius 1 is 1.20 bits per heavy atom. The number of aliphatic hydroxyl groups is 1.